The van der Waals surface area contributed by atoms with Crippen LogP contribution in [0.15, 0.2) is 36.5 Å². The summed E-state index contributed by atoms with van der Waals surface area (Å²) in [6.07, 6.45) is -1.33. The van der Waals surface area contributed by atoms with Crippen LogP contribution in [0.25, 0.3) is 11.3 Å². The van der Waals surface area contributed by atoms with Gasteiger partial charge in [-0.05, 0) is 30.7 Å². The molecule has 2 aliphatic rings. The third-order valence-electron chi connectivity index (χ3n) is 6.53. The van der Waals surface area contributed by atoms with Gasteiger partial charge in [0.1, 0.15) is 12.6 Å². The van der Waals surface area contributed by atoms with E-state index < -0.39 is 48.6 Å². The first kappa shape index (κ1) is 27.3. The van der Waals surface area contributed by atoms with Crippen molar-refractivity contribution in [2.75, 3.05) is 13.2 Å². The van der Waals surface area contributed by atoms with Crippen molar-refractivity contribution >= 4 is 23.5 Å². The van der Waals surface area contributed by atoms with Gasteiger partial charge >= 0.3 is 6.36 Å². The molecule has 0 spiro atoms. The molecule has 4 rings (SSSR count). The van der Waals surface area contributed by atoms with Gasteiger partial charge in [0, 0.05) is 12.5 Å². The van der Waals surface area contributed by atoms with E-state index in [0.717, 1.165) is 18.4 Å². The molecular formula is C25H28F3N5O5. The van der Waals surface area contributed by atoms with Crippen LogP contribution in [0, 0.1) is 11.8 Å². The second-order valence-electron chi connectivity index (χ2n) is 9.49. The van der Waals surface area contributed by atoms with Gasteiger partial charge in [-0.1, -0.05) is 43.2 Å². The highest BCUT2D eigenvalue weighted by Crippen LogP contribution is 2.33. The average Bonchev–Trinajstić information content (AvgIpc) is 3.39. The maximum absolute atomic E-state index is 13.2. The molecule has 2 fully saturated rings. The standard InChI is InChI=1S/C25H28F3N5O5/c26-25(27,28)38-13-20(34)17(11-16-8-9-29-22(16)35)32-23(36)18(10-14-6-7-14)33-24(37)21-30-12-19(31-21)15-4-2-1-3-5-15/h1-5,12,14,16-18H,6-11,13H2,(H,29,35)(H,30,31)(H,32,36)(H,33,37)/t16-,17-,18?/m0/s1. The topological polar surface area (TPSA) is 142 Å². The number of nitrogens with zero attached hydrogens (tertiary/aromatic N) is 1. The van der Waals surface area contributed by atoms with E-state index in [9.17, 15) is 32.3 Å². The molecule has 2 heterocycles. The minimum absolute atomic E-state index is 0.0220. The summed E-state index contributed by atoms with van der Waals surface area (Å²) in [7, 11) is 0. The quantitative estimate of drug-likeness (QED) is 0.328. The molecule has 0 bridgehead atoms. The third kappa shape index (κ3) is 7.63. The number of benzene rings is 1. The van der Waals surface area contributed by atoms with Crippen LogP contribution in [0.5, 0.6) is 0 Å². The zero-order valence-corrected chi connectivity index (χ0v) is 20.3. The number of ether oxygens (including phenoxy) is 1. The van der Waals surface area contributed by atoms with Gasteiger partial charge in [-0.15, -0.1) is 13.2 Å². The molecule has 38 heavy (non-hydrogen) atoms. The second kappa shape index (κ2) is 11.8. The summed E-state index contributed by atoms with van der Waals surface area (Å²) in [6, 6.07) is 6.73. The van der Waals surface area contributed by atoms with E-state index in [4.69, 9.17) is 0 Å². The first-order valence-electron chi connectivity index (χ1n) is 12.3. The molecule has 1 aliphatic heterocycles. The molecule has 1 unspecified atom stereocenters. The van der Waals surface area contributed by atoms with Crippen LogP contribution in [-0.2, 0) is 19.1 Å². The van der Waals surface area contributed by atoms with E-state index >= 15 is 0 Å². The fourth-order valence-corrected chi connectivity index (χ4v) is 4.30. The number of imidazole rings is 1. The Labute approximate surface area is 216 Å². The Morgan fingerprint density at radius 1 is 1.05 bits per heavy atom. The van der Waals surface area contributed by atoms with E-state index in [1.807, 2.05) is 30.3 Å². The second-order valence-corrected chi connectivity index (χ2v) is 9.49. The lowest BCUT2D eigenvalue weighted by Crippen LogP contribution is -2.53. The number of hydrogen-bond acceptors (Lipinski definition) is 6. The zero-order valence-electron chi connectivity index (χ0n) is 20.3. The van der Waals surface area contributed by atoms with Gasteiger partial charge in [0.05, 0.1) is 17.9 Å². The molecule has 1 aliphatic carbocycles. The van der Waals surface area contributed by atoms with E-state index in [0.29, 0.717) is 18.7 Å². The summed E-state index contributed by atoms with van der Waals surface area (Å²) < 4.78 is 41.2. The third-order valence-corrected chi connectivity index (χ3v) is 6.53. The van der Waals surface area contributed by atoms with Crippen LogP contribution in [0.1, 0.15) is 42.7 Å². The molecule has 1 aromatic heterocycles. The molecule has 10 nitrogen and oxygen atoms in total. The number of alkyl halides is 3. The number of ketones is 1. The first-order chi connectivity index (χ1) is 18.1. The van der Waals surface area contributed by atoms with Gasteiger partial charge in [0.15, 0.2) is 11.6 Å². The molecule has 1 aromatic carbocycles. The van der Waals surface area contributed by atoms with Crippen molar-refractivity contribution in [2.45, 2.75) is 50.6 Å². The smallest absolute Gasteiger partial charge is 0.356 e. The Morgan fingerprint density at radius 3 is 2.42 bits per heavy atom. The zero-order chi connectivity index (χ0) is 27.3. The van der Waals surface area contributed by atoms with Crippen LogP contribution in [-0.4, -0.2) is 65.1 Å². The van der Waals surface area contributed by atoms with Crippen LogP contribution in [0.4, 0.5) is 13.2 Å². The van der Waals surface area contributed by atoms with Gasteiger partial charge in [0.2, 0.25) is 11.8 Å². The summed E-state index contributed by atoms with van der Waals surface area (Å²) in [6.45, 7) is -0.941. The van der Waals surface area contributed by atoms with Crippen molar-refractivity contribution in [3.63, 3.8) is 0 Å². The number of halogens is 3. The Morgan fingerprint density at radius 2 is 1.79 bits per heavy atom. The molecule has 2 aromatic rings. The lowest BCUT2D eigenvalue weighted by molar-refractivity contribution is -0.321. The SMILES string of the molecule is O=C(NC(CC1CC1)C(=O)N[C@@H](C[C@@H]1CCNC1=O)C(=O)COC(F)(F)F)c1ncc(-c2ccccc2)[nH]1. The minimum Gasteiger partial charge on any atom is -0.356 e. The molecule has 1 saturated carbocycles. The number of H-pyrrole nitrogens is 1. The number of carbonyl (C=O) groups is 4. The predicted molar refractivity (Wildman–Crippen MR) is 127 cm³/mol. The van der Waals surface area contributed by atoms with E-state index in [-0.39, 0.29) is 30.5 Å². The van der Waals surface area contributed by atoms with Crippen molar-refractivity contribution < 1.29 is 37.1 Å². The highest BCUT2D eigenvalue weighted by molar-refractivity contribution is 5.97. The van der Waals surface area contributed by atoms with Gasteiger partial charge in [-0.3, -0.25) is 23.9 Å². The number of carbonyl (C=O) groups excluding carboxylic acids is 4. The van der Waals surface area contributed by atoms with Crippen molar-refractivity contribution in [3.05, 3.63) is 42.4 Å². The molecule has 13 heteroatoms. The summed E-state index contributed by atoms with van der Waals surface area (Å²) in [5, 5.41) is 7.68. The van der Waals surface area contributed by atoms with Crippen LogP contribution in [0.2, 0.25) is 0 Å². The number of amides is 3. The van der Waals surface area contributed by atoms with E-state index in [1.54, 1.807) is 0 Å². The number of aromatic amines is 1. The molecule has 204 valence electrons. The fourth-order valence-electron chi connectivity index (χ4n) is 4.30. The van der Waals surface area contributed by atoms with Crippen LogP contribution in [0.3, 0.4) is 0 Å². The van der Waals surface area contributed by atoms with Crippen molar-refractivity contribution in [3.8, 4) is 11.3 Å². The minimum atomic E-state index is -5.03. The molecule has 0 radical (unpaired) electrons. The largest absolute Gasteiger partial charge is 0.522 e. The number of rotatable bonds is 12. The van der Waals surface area contributed by atoms with Crippen molar-refractivity contribution in [2.24, 2.45) is 11.8 Å². The summed E-state index contributed by atoms with van der Waals surface area (Å²) >= 11 is 0. The predicted octanol–water partition coefficient (Wildman–Crippen LogP) is 2.09. The van der Waals surface area contributed by atoms with Gasteiger partial charge in [-0.25, -0.2) is 4.98 Å². The van der Waals surface area contributed by atoms with E-state index in [2.05, 4.69) is 30.7 Å². The normalized spacial score (nSPS) is 18.9. The number of aromatic nitrogens is 2. The van der Waals surface area contributed by atoms with Gasteiger partial charge in [-0.2, -0.15) is 0 Å². The first-order valence-corrected chi connectivity index (χ1v) is 12.3. The van der Waals surface area contributed by atoms with Gasteiger partial charge in [0.25, 0.3) is 5.91 Å². The number of Topliss-reactive ketones (excluding diaryl/α,β-unsaturated/α-hetero) is 1. The maximum Gasteiger partial charge on any atom is 0.522 e. The highest BCUT2D eigenvalue weighted by atomic mass is 19.4. The van der Waals surface area contributed by atoms with Crippen molar-refractivity contribution in [1.82, 2.24) is 25.9 Å². The number of hydrogen-bond donors (Lipinski definition) is 4. The molecule has 3 atom stereocenters. The lowest BCUT2D eigenvalue weighted by atomic mass is 9.95. The maximum atomic E-state index is 13.2. The molecule has 3 amide bonds. The average molecular weight is 536 g/mol. The van der Waals surface area contributed by atoms with Crippen LogP contribution < -0.4 is 16.0 Å². The Hall–Kier alpha value is -3.74. The Balaban J connectivity index is 1.45. The number of nitrogens with one attached hydrogen (secondary N) is 4. The highest BCUT2D eigenvalue weighted by Gasteiger charge is 2.37. The molecule has 1 saturated heterocycles. The Bertz CT molecular complexity index is 1170. The lowest BCUT2D eigenvalue weighted by Gasteiger charge is -2.24. The summed E-state index contributed by atoms with van der Waals surface area (Å²) in [5.41, 5.74) is 1.41. The fraction of sp³-hybridized carbons (Fsp3) is 0.480. The molecular weight excluding hydrogens is 507 g/mol. The summed E-state index contributed by atoms with van der Waals surface area (Å²) in [4.78, 5) is 57.7. The van der Waals surface area contributed by atoms with Crippen molar-refractivity contribution in [1.29, 1.82) is 0 Å². The Kier molecular flexibility index (Phi) is 8.45. The van der Waals surface area contributed by atoms with E-state index in [1.165, 1.54) is 6.20 Å². The molecule has 4 N–H and O–H groups in total. The summed E-state index contributed by atoms with van der Waals surface area (Å²) in [5.74, 6) is -3.23. The van der Waals surface area contributed by atoms with Gasteiger partial charge < -0.3 is 20.9 Å². The van der Waals surface area contributed by atoms with Crippen LogP contribution >= 0.6 is 0 Å². The monoisotopic (exact) mass is 535 g/mol.